The molecule has 2 heterocycles. The Bertz CT molecular complexity index is 995. The van der Waals surface area contributed by atoms with Crippen LogP contribution in [0.2, 0.25) is 0 Å². The van der Waals surface area contributed by atoms with Gasteiger partial charge in [-0.05, 0) is 55.7 Å². The molecule has 0 saturated carbocycles. The lowest BCUT2D eigenvalue weighted by Crippen LogP contribution is -2.54. The molecule has 0 aromatic heterocycles. The second-order valence-electron chi connectivity index (χ2n) is 11.1. The predicted molar refractivity (Wildman–Crippen MR) is 145 cm³/mol. The Labute approximate surface area is 216 Å². The van der Waals surface area contributed by atoms with Crippen LogP contribution < -0.4 is 11.1 Å². The van der Waals surface area contributed by atoms with Gasteiger partial charge in [-0.2, -0.15) is 0 Å². The average Bonchev–Trinajstić information content (AvgIpc) is 3.51. The molecule has 5 atom stereocenters. The minimum Gasteiger partial charge on any atom is -0.343 e. The van der Waals surface area contributed by atoms with E-state index in [4.69, 9.17) is 5.73 Å². The summed E-state index contributed by atoms with van der Waals surface area (Å²) in [6, 6.07) is 20.2. The number of nitrogens with zero attached hydrogens (tertiary/aromatic N) is 2. The molecule has 0 bridgehead atoms. The number of nitrogens with one attached hydrogen (secondary N) is 1. The van der Waals surface area contributed by atoms with E-state index < -0.39 is 12.1 Å². The van der Waals surface area contributed by atoms with Gasteiger partial charge in [-0.15, -0.1) is 0 Å². The van der Waals surface area contributed by atoms with E-state index in [0.29, 0.717) is 24.8 Å². The summed E-state index contributed by atoms with van der Waals surface area (Å²) in [5, 5.41) is 2.95. The van der Waals surface area contributed by atoms with Gasteiger partial charge < -0.3 is 20.9 Å². The molecule has 2 saturated heterocycles. The molecule has 2 aliphatic rings. The average molecular weight is 491 g/mol. The number of hydrogen-bond donors (Lipinski definition) is 2. The van der Waals surface area contributed by atoms with Crippen LogP contribution in [0.15, 0.2) is 60.7 Å². The second-order valence-corrected chi connectivity index (χ2v) is 11.1. The summed E-state index contributed by atoms with van der Waals surface area (Å²) < 4.78 is 0. The van der Waals surface area contributed by atoms with E-state index in [1.165, 1.54) is 11.1 Å². The van der Waals surface area contributed by atoms with E-state index in [2.05, 4.69) is 83.6 Å². The van der Waals surface area contributed by atoms with Crippen LogP contribution in [0, 0.1) is 5.92 Å². The molecule has 2 fully saturated rings. The summed E-state index contributed by atoms with van der Waals surface area (Å²) in [5.74, 6) is 0.884. The summed E-state index contributed by atoms with van der Waals surface area (Å²) in [6.07, 6.45) is 2.70. The van der Waals surface area contributed by atoms with Crippen molar-refractivity contribution in [2.24, 2.45) is 11.7 Å². The number of benzene rings is 2. The first kappa shape index (κ1) is 26.4. The molecule has 0 radical (unpaired) electrons. The van der Waals surface area contributed by atoms with Gasteiger partial charge in [0.25, 0.3) is 0 Å². The van der Waals surface area contributed by atoms with Gasteiger partial charge in [0.1, 0.15) is 6.04 Å². The van der Waals surface area contributed by atoms with Crippen LogP contribution in [-0.4, -0.2) is 65.9 Å². The fourth-order valence-electron chi connectivity index (χ4n) is 5.82. The number of hydrogen-bond acceptors (Lipinski definition) is 4. The third-order valence-electron chi connectivity index (χ3n) is 7.72. The number of rotatable bonds is 9. The summed E-state index contributed by atoms with van der Waals surface area (Å²) >= 11 is 0. The third-order valence-corrected chi connectivity index (χ3v) is 7.72. The quantitative estimate of drug-likeness (QED) is 0.561. The lowest BCUT2D eigenvalue weighted by molar-refractivity contribution is -0.138. The zero-order valence-corrected chi connectivity index (χ0v) is 22.0. The molecule has 36 heavy (non-hydrogen) atoms. The van der Waals surface area contributed by atoms with Gasteiger partial charge in [-0.1, -0.05) is 74.5 Å². The second kappa shape index (κ2) is 12.0. The van der Waals surface area contributed by atoms with Crippen LogP contribution in [-0.2, 0) is 9.59 Å². The fourth-order valence-corrected chi connectivity index (χ4v) is 5.82. The van der Waals surface area contributed by atoms with Crippen LogP contribution >= 0.6 is 0 Å². The normalized spacial score (nSPS) is 24.1. The molecule has 2 amide bonds. The van der Waals surface area contributed by atoms with E-state index in [9.17, 15) is 9.59 Å². The number of carbonyl (C=O) groups is 2. The third kappa shape index (κ3) is 6.54. The maximum absolute atomic E-state index is 13.9. The maximum Gasteiger partial charge on any atom is 0.245 e. The van der Waals surface area contributed by atoms with Crippen LogP contribution in [0.1, 0.15) is 63.0 Å². The van der Waals surface area contributed by atoms with Crippen molar-refractivity contribution >= 4 is 11.8 Å². The van der Waals surface area contributed by atoms with Crippen LogP contribution in [0.3, 0.4) is 0 Å². The zero-order chi connectivity index (χ0) is 25.7. The molecule has 4 rings (SSSR count). The highest BCUT2D eigenvalue weighted by molar-refractivity contribution is 5.89. The smallest absolute Gasteiger partial charge is 0.245 e. The topological polar surface area (TPSA) is 78.7 Å². The minimum atomic E-state index is -0.640. The first-order valence-electron chi connectivity index (χ1n) is 13.5. The van der Waals surface area contributed by atoms with E-state index in [1.807, 2.05) is 6.07 Å². The maximum atomic E-state index is 13.9. The molecule has 3 N–H and O–H groups in total. The van der Waals surface area contributed by atoms with E-state index in [0.717, 1.165) is 32.5 Å². The van der Waals surface area contributed by atoms with Crippen molar-refractivity contribution in [1.29, 1.82) is 0 Å². The Morgan fingerprint density at radius 1 is 0.944 bits per heavy atom. The van der Waals surface area contributed by atoms with Crippen LogP contribution in [0.4, 0.5) is 0 Å². The van der Waals surface area contributed by atoms with Gasteiger partial charge in [0.05, 0.1) is 6.04 Å². The molecule has 6 nitrogen and oxygen atoms in total. The fraction of sp³-hybridized carbons (Fsp3) is 0.533. The summed E-state index contributed by atoms with van der Waals surface area (Å²) in [6.45, 7) is 9.45. The van der Waals surface area contributed by atoms with Crippen molar-refractivity contribution in [3.8, 4) is 0 Å². The van der Waals surface area contributed by atoms with Gasteiger partial charge >= 0.3 is 0 Å². The van der Waals surface area contributed by atoms with Gasteiger partial charge in [-0.3, -0.25) is 9.59 Å². The lowest BCUT2D eigenvalue weighted by Gasteiger charge is -2.32. The van der Waals surface area contributed by atoms with Crippen molar-refractivity contribution in [3.05, 3.63) is 71.8 Å². The summed E-state index contributed by atoms with van der Waals surface area (Å²) in [7, 11) is 0. The predicted octanol–water partition coefficient (Wildman–Crippen LogP) is 3.74. The first-order chi connectivity index (χ1) is 17.3. The molecule has 2 aromatic carbocycles. The van der Waals surface area contributed by atoms with Crippen molar-refractivity contribution in [2.45, 2.75) is 70.0 Å². The highest BCUT2D eigenvalue weighted by Crippen LogP contribution is 2.35. The first-order valence-corrected chi connectivity index (χ1v) is 13.5. The van der Waals surface area contributed by atoms with E-state index in [-0.39, 0.29) is 23.8 Å². The molecule has 194 valence electrons. The Balaban J connectivity index is 1.51. The van der Waals surface area contributed by atoms with Gasteiger partial charge in [0, 0.05) is 31.6 Å². The van der Waals surface area contributed by atoms with Crippen molar-refractivity contribution in [2.75, 3.05) is 26.2 Å². The lowest BCUT2D eigenvalue weighted by atomic mass is 9.96. The van der Waals surface area contributed by atoms with Crippen molar-refractivity contribution in [1.82, 2.24) is 15.1 Å². The number of nitrogens with two attached hydrogens (primary N) is 1. The molecule has 5 unspecified atom stereocenters. The molecular formula is C30H42N4O2. The van der Waals surface area contributed by atoms with Crippen LogP contribution in [0.25, 0.3) is 0 Å². The molecule has 2 aromatic rings. The molecule has 6 heteroatoms. The van der Waals surface area contributed by atoms with Gasteiger partial charge in [0.2, 0.25) is 11.8 Å². The molecule has 0 spiro atoms. The van der Waals surface area contributed by atoms with Crippen molar-refractivity contribution < 1.29 is 9.59 Å². The number of amides is 2. The molecular weight excluding hydrogens is 448 g/mol. The Morgan fingerprint density at radius 2 is 1.56 bits per heavy atom. The highest BCUT2D eigenvalue weighted by atomic mass is 16.2. The highest BCUT2D eigenvalue weighted by Gasteiger charge is 2.40. The summed E-state index contributed by atoms with van der Waals surface area (Å²) in [5.41, 5.74) is 8.50. The Hall–Kier alpha value is -2.70. The van der Waals surface area contributed by atoms with Crippen LogP contribution in [0.5, 0.6) is 0 Å². The largest absolute Gasteiger partial charge is 0.343 e. The standard InChI is InChI=1S/C30H42N4O2/c1-21(2)16-28(32-29(35)22(3)31)30(36)34-19-26(24-12-8-5-9-13-24)17-27(34)20-33-15-14-25(18-33)23-10-6-4-7-11-23/h4-13,21-22,25-28H,14-20,31H2,1-3H3,(H,32,35). The number of likely N-dealkylation sites (tertiary alicyclic amines) is 2. The van der Waals surface area contributed by atoms with Gasteiger partial charge in [0.15, 0.2) is 0 Å². The SMILES string of the molecule is CC(C)CC(NC(=O)C(C)N)C(=O)N1CC(c2ccccc2)CC1CN1CCC(c2ccccc2)C1. The molecule has 2 aliphatic heterocycles. The minimum absolute atomic E-state index is 0.0277. The summed E-state index contributed by atoms with van der Waals surface area (Å²) in [4.78, 5) is 31.0. The van der Waals surface area contributed by atoms with E-state index in [1.54, 1.807) is 6.92 Å². The molecule has 0 aliphatic carbocycles. The van der Waals surface area contributed by atoms with Gasteiger partial charge in [-0.25, -0.2) is 0 Å². The van der Waals surface area contributed by atoms with E-state index >= 15 is 0 Å². The number of carbonyl (C=O) groups excluding carboxylic acids is 2. The monoisotopic (exact) mass is 490 g/mol. The Kier molecular flexibility index (Phi) is 8.81. The van der Waals surface area contributed by atoms with Crippen molar-refractivity contribution in [3.63, 3.8) is 0 Å². The zero-order valence-electron chi connectivity index (χ0n) is 22.0. The Morgan fingerprint density at radius 3 is 2.14 bits per heavy atom.